The van der Waals surface area contributed by atoms with Crippen LogP contribution in [-0.4, -0.2) is 23.4 Å². The van der Waals surface area contributed by atoms with Crippen LogP contribution in [0.25, 0.3) is 0 Å². The van der Waals surface area contributed by atoms with E-state index >= 15 is 0 Å². The van der Waals surface area contributed by atoms with Crippen molar-refractivity contribution in [2.24, 2.45) is 0 Å². The first-order chi connectivity index (χ1) is 11.1. The van der Waals surface area contributed by atoms with E-state index in [2.05, 4.69) is 4.74 Å². The molecule has 1 aromatic heterocycles. The number of methoxy groups -OCH3 is 1. The van der Waals surface area contributed by atoms with Crippen molar-refractivity contribution >= 4 is 11.8 Å². The van der Waals surface area contributed by atoms with E-state index in [9.17, 15) is 14.4 Å². The van der Waals surface area contributed by atoms with Gasteiger partial charge in [0.25, 0.3) is 5.56 Å². The van der Waals surface area contributed by atoms with Crippen LogP contribution in [0.1, 0.15) is 28.8 Å². The van der Waals surface area contributed by atoms with Crippen LogP contribution < -0.4 is 5.56 Å². The number of carbonyl (C=O) groups is 2. The minimum Gasteiger partial charge on any atom is -0.469 e. The molecule has 0 fully saturated rings. The van der Waals surface area contributed by atoms with E-state index in [1.165, 1.54) is 23.8 Å². The first-order valence-corrected chi connectivity index (χ1v) is 7.44. The zero-order valence-corrected chi connectivity index (χ0v) is 13.0. The van der Waals surface area contributed by atoms with Gasteiger partial charge in [0, 0.05) is 30.8 Å². The molecule has 2 rings (SSSR count). The molecule has 0 aliphatic heterocycles. The number of ether oxygens (including phenoxy) is 1. The smallest absolute Gasteiger partial charge is 0.305 e. The molecule has 2 aromatic rings. The third-order valence-corrected chi connectivity index (χ3v) is 3.57. The fraction of sp³-hybridized carbons (Fsp3) is 0.278. The Morgan fingerprint density at radius 2 is 1.78 bits per heavy atom. The van der Waals surface area contributed by atoms with Crippen LogP contribution in [0.5, 0.6) is 0 Å². The Labute approximate surface area is 134 Å². The monoisotopic (exact) mass is 313 g/mol. The number of aryl methyl sites for hydroxylation is 2. The second kappa shape index (κ2) is 8.08. The van der Waals surface area contributed by atoms with Crippen molar-refractivity contribution in [2.75, 3.05) is 7.11 Å². The summed E-state index contributed by atoms with van der Waals surface area (Å²) in [6, 6.07) is 12.7. The Kier molecular flexibility index (Phi) is 5.86. The Morgan fingerprint density at radius 3 is 2.48 bits per heavy atom. The lowest BCUT2D eigenvalue weighted by Crippen LogP contribution is -2.21. The molecule has 0 N–H and O–H groups in total. The number of Topliss-reactive ketones (excluding diaryl/α,β-unsaturated/α-hetero) is 1. The van der Waals surface area contributed by atoms with Gasteiger partial charge in [-0.2, -0.15) is 0 Å². The number of rotatable bonds is 7. The molecule has 1 heterocycles. The summed E-state index contributed by atoms with van der Waals surface area (Å²) in [5.74, 6) is -0.598. The number of ketones is 1. The van der Waals surface area contributed by atoms with Gasteiger partial charge in [0.05, 0.1) is 13.5 Å². The maximum Gasteiger partial charge on any atom is 0.305 e. The maximum atomic E-state index is 12.1. The minimum atomic E-state index is -0.421. The van der Waals surface area contributed by atoms with Crippen molar-refractivity contribution < 1.29 is 14.3 Å². The summed E-state index contributed by atoms with van der Waals surface area (Å²) in [4.78, 5) is 35.1. The molecule has 23 heavy (non-hydrogen) atoms. The highest BCUT2D eigenvalue weighted by atomic mass is 16.5. The average molecular weight is 313 g/mol. The number of aromatic nitrogens is 1. The van der Waals surface area contributed by atoms with Crippen LogP contribution in [0.2, 0.25) is 0 Å². The lowest BCUT2D eigenvalue weighted by molar-refractivity contribution is -0.140. The number of hydrogen-bond donors (Lipinski definition) is 0. The topological polar surface area (TPSA) is 65.4 Å². The number of pyridine rings is 1. The van der Waals surface area contributed by atoms with Crippen LogP contribution in [0.4, 0.5) is 0 Å². The van der Waals surface area contributed by atoms with Crippen molar-refractivity contribution in [3.63, 3.8) is 0 Å². The van der Waals surface area contributed by atoms with Crippen LogP contribution in [0.3, 0.4) is 0 Å². The molecular formula is C18H19NO4. The molecule has 5 heteroatoms. The molecule has 0 bridgehead atoms. The highest BCUT2D eigenvalue weighted by molar-refractivity contribution is 5.97. The predicted octanol–water partition coefficient (Wildman–Crippen LogP) is 2.23. The quantitative estimate of drug-likeness (QED) is 0.581. The second-order valence-electron chi connectivity index (χ2n) is 5.18. The van der Waals surface area contributed by atoms with Crippen LogP contribution >= 0.6 is 0 Å². The van der Waals surface area contributed by atoms with Gasteiger partial charge in [0.15, 0.2) is 5.78 Å². The lowest BCUT2D eigenvalue weighted by Gasteiger charge is -2.08. The van der Waals surface area contributed by atoms with Crippen molar-refractivity contribution in [1.29, 1.82) is 0 Å². The number of benzene rings is 1. The van der Waals surface area contributed by atoms with Gasteiger partial charge in [-0.3, -0.25) is 14.4 Å². The van der Waals surface area contributed by atoms with Gasteiger partial charge in [-0.05, 0) is 18.1 Å². The molecule has 0 aliphatic rings. The largest absolute Gasteiger partial charge is 0.469 e. The number of carbonyl (C=O) groups excluding carboxylic acids is 2. The molecule has 0 saturated carbocycles. The van der Waals surface area contributed by atoms with Crippen LogP contribution in [0.15, 0.2) is 53.5 Å². The molecule has 0 amide bonds. The summed E-state index contributed by atoms with van der Waals surface area (Å²) < 4.78 is 6.05. The minimum absolute atomic E-state index is 0.0402. The highest BCUT2D eigenvalue weighted by Gasteiger charge is 2.11. The maximum absolute atomic E-state index is 12.1. The van der Waals surface area contributed by atoms with Gasteiger partial charge >= 0.3 is 5.97 Å². The number of esters is 1. The van der Waals surface area contributed by atoms with Crippen molar-refractivity contribution in [1.82, 2.24) is 4.57 Å². The fourth-order valence-electron chi connectivity index (χ4n) is 2.23. The van der Waals surface area contributed by atoms with Gasteiger partial charge in [-0.25, -0.2) is 0 Å². The highest BCUT2D eigenvalue weighted by Crippen LogP contribution is 2.06. The SMILES string of the molecule is COC(=O)CCC(=O)c1ccc(=O)n(CCc2ccccc2)c1. The zero-order valence-electron chi connectivity index (χ0n) is 13.0. The van der Waals surface area contributed by atoms with E-state index < -0.39 is 5.97 Å². The molecule has 0 spiro atoms. The molecule has 120 valence electrons. The normalized spacial score (nSPS) is 10.3. The summed E-state index contributed by atoms with van der Waals surface area (Å²) in [6.07, 6.45) is 2.38. The van der Waals surface area contributed by atoms with Gasteiger partial charge in [0.1, 0.15) is 0 Å². The van der Waals surface area contributed by atoms with E-state index in [-0.39, 0.29) is 24.2 Å². The molecule has 0 saturated heterocycles. The van der Waals surface area contributed by atoms with Gasteiger partial charge in [-0.1, -0.05) is 30.3 Å². The predicted molar refractivity (Wildman–Crippen MR) is 86.4 cm³/mol. The van der Waals surface area contributed by atoms with Crippen LogP contribution in [0, 0.1) is 0 Å². The first-order valence-electron chi connectivity index (χ1n) is 7.44. The lowest BCUT2D eigenvalue weighted by atomic mass is 10.1. The first kappa shape index (κ1) is 16.7. The van der Waals surface area contributed by atoms with E-state index in [1.54, 1.807) is 6.20 Å². The van der Waals surface area contributed by atoms with Crippen molar-refractivity contribution in [3.8, 4) is 0 Å². The molecule has 0 radical (unpaired) electrons. The summed E-state index contributed by atoms with van der Waals surface area (Å²) in [5.41, 5.74) is 1.41. The van der Waals surface area contributed by atoms with Gasteiger partial charge in [0.2, 0.25) is 0 Å². The van der Waals surface area contributed by atoms with E-state index in [1.807, 2.05) is 30.3 Å². The fourth-order valence-corrected chi connectivity index (χ4v) is 2.23. The van der Waals surface area contributed by atoms with Crippen molar-refractivity contribution in [2.45, 2.75) is 25.8 Å². The van der Waals surface area contributed by atoms with Gasteiger partial charge in [-0.15, -0.1) is 0 Å². The molecule has 0 atom stereocenters. The molecule has 5 nitrogen and oxygen atoms in total. The third kappa shape index (κ3) is 4.92. The third-order valence-electron chi connectivity index (χ3n) is 3.57. The van der Waals surface area contributed by atoms with E-state index in [0.717, 1.165) is 5.56 Å². The summed E-state index contributed by atoms with van der Waals surface area (Å²) in [7, 11) is 1.29. The zero-order chi connectivity index (χ0) is 16.7. The van der Waals surface area contributed by atoms with E-state index in [4.69, 9.17) is 0 Å². The number of hydrogen-bond acceptors (Lipinski definition) is 4. The van der Waals surface area contributed by atoms with Gasteiger partial charge < -0.3 is 9.30 Å². The van der Waals surface area contributed by atoms with Crippen molar-refractivity contribution in [3.05, 3.63) is 70.1 Å². The average Bonchev–Trinajstić information content (AvgIpc) is 2.59. The second-order valence-corrected chi connectivity index (χ2v) is 5.18. The molecular weight excluding hydrogens is 294 g/mol. The van der Waals surface area contributed by atoms with E-state index in [0.29, 0.717) is 18.5 Å². The summed E-state index contributed by atoms with van der Waals surface area (Å²) >= 11 is 0. The number of nitrogens with zero attached hydrogens (tertiary/aromatic N) is 1. The Hall–Kier alpha value is -2.69. The Morgan fingerprint density at radius 1 is 1.04 bits per heavy atom. The summed E-state index contributed by atoms with van der Waals surface area (Å²) in [5, 5.41) is 0. The van der Waals surface area contributed by atoms with Crippen LogP contribution in [-0.2, 0) is 22.5 Å². The molecule has 0 unspecified atom stereocenters. The molecule has 0 aliphatic carbocycles. The Bertz CT molecular complexity index is 734. The standard InChI is InChI=1S/C18H19NO4/c1-23-18(22)10-8-16(20)15-7-9-17(21)19(13-15)12-11-14-5-3-2-4-6-14/h2-7,9,13H,8,10-12H2,1H3. The summed E-state index contributed by atoms with van der Waals surface area (Å²) in [6.45, 7) is 0.501. The Balaban J connectivity index is 2.05. The molecule has 1 aromatic carbocycles.